The molecule has 6 nitrogen and oxygen atoms in total. The van der Waals surface area contributed by atoms with Crippen molar-refractivity contribution in [3.8, 4) is 0 Å². The van der Waals surface area contributed by atoms with Gasteiger partial charge in [0.1, 0.15) is 0 Å². The van der Waals surface area contributed by atoms with E-state index in [2.05, 4.69) is 10.3 Å². The van der Waals surface area contributed by atoms with Crippen LogP contribution in [0.15, 0.2) is 36.7 Å². The van der Waals surface area contributed by atoms with E-state index in [9.17, 15) is 14.9 Å². The second-order valence-corrected chi connectivity index (χ2v) is 4.50. The van der Waals surface area contributed by atoms with Crippen LogP contribution in [0.25, 0.3) is 0 Å². The predicted octanol–water partition coefficient (Wildman–Crippen LogP) is 1.98. The molecule has 2 aromatic rings. The maximum Gasteiger partial charge on any atom is 0.324 e. The highest BCUT2D eigenvalue weighted by molar-refractivity contribution is 7.17. The molecule has 0 bridgehead atoms. The van der Waals surface area contributed by atoms with Crippen LogP contribution in [0.1, 0.15) is 15.2 Å². The molecule has 92 valence electrons. The summed E-state index contributed by atoms with van der Waals surface area (Å²) in [5.41, 5.74) is 0.921. The average molecular weight is 263 g/mol. The number of aromatic nitrogens is 1. The molecule has 2 heterocycles. The molecule has 2 rings (SSSR count). The Hall–Kier alpha value is -2.28. The Morgan fingerprint density at radius 2 is 2.06 bits per heavy atom. The van der Waals surface area contributed by atoms with Crippen molar-refractivity contribution in [3.63, 3.8) is 0 Å². The zero-order valence-electron chi connectivity index (χ0n) is 9.20. The van der Waals surface area contributed by atoms with Crippen LogP contribution < -0.4 is 5.32 Å². The topological polar surface area (TPSA) is 85.1 Å². The van der Waals surface area contributed by atoms with Crippen LogP contribution in [0.2, 0.25) is 0 Å². The van der Waals surface area contributed by atoms with E-state index in [1.54, 1.807) is 24.5 Å². The van der Waals surface area contributed by atoms with Gasteiger partial charge in [-0.05, 0) is 23.8 Å². The normalized spacial score (nSPS) is 10.0. The molecule has 7 heteroatoms. The number of carbonyl (C=O) groups is 1. The molecule has 0 atom stereocenters. The summed E-state index contributed by atoms with van der Waals surface area (Å²) in [5.74, 6) is -0.315. The van der Waals surface area contributed by atoms with Crippen LogP contribution in [-0.2, 0) is 6.54 Å². The Morgan fingerprint density at radius 1 is 1.33 bits per heavy atom. The minimum atomic E-state index is -0.510. The summed E-state index contributed by atoms with van der Waals surface area (Å²) < 4.78 is 0. The fourth-order valence-electron chi connectivity index (χ4n) is 1.32. The van der Waals surface area contributed by atoms with Gasteiger partial charge in [-0.15, -0.1) is 0 Å². The van der Waals surface area contributed by atoms with Gasteiger partial charge in [0.05, 0.1) is 9.80 Å². The summed E-state index contributed by atoms with van der Waals surface area (Å²) in [5, 5.41) is 13.1. The van der Waals surface area contributed by atoms with E-state index in [-0.39, 0.29) is 10.9 Å². The first-order valence-corrected chi connectivity index (χ1v) is 5.90. The van der Waals surface area contributed by atoms with Gasteiger partial charge in [-0.3, -0.25) is 19.9 Å². The molecule has 2 aromatic heterocycles. The van der Waals surface area contributed by atoms with Gasteiger partial charge in [0.25, 0.3) is 5.91 Å². The lowest BCUT2D eigenvalue weighted by Gasteiger charge is -2.02. The molecular weight excluding hydrogens is 254 g/mol. The Bertz CT molecular complexity index is 568. The number of nitrogens with one attached hydrogen (secondary N) is 1. The lowest BCUT2D eigenvalue weighted by molar-refractivity contribution is -0.380. The fraction of sp³-hybridized carbons (Fsp3) is 0.0909. The molecule has 18 heavy (non-hydrogen) atoms. The third-order valence-corrected chi connectivity index (χ3v) is 3.23. The molecule has 0 unspecified atom stereocenters. The number of amides is 1. The van der Waals surface area contributed by atoms with E-state index in [1.165, 1.54) is 12.1 Å². The second-order valence-electron chi connectivity index (χ2n) is 3.43. The number of carbonyl (C=O) groups excluding carboxylic acids is 1. The van der Waals surface area contributed by atoms with Crippen LogP contribution in [0.3, 0.4) is 0 Å². The molecule has 0 aliphatic carbocycles. The first-order valence-electron chi connectivity index (χ1n) is 5.08. The van der Waals surface area contributed by atoms with Crippen molar-refractivity contribution >= 4 is 22.2 Å². The van der Waals surface area contributed by atoms with Gasteiger partial charge in [-0.2, -0.15) is 0 Å². The number of hydrogen-bond acceptors (Lipinski definition) is 5. The molecule has 0 aliphatic heterocycles. The van der Waals surface area contributed by atoms with E-state index in [1.807, 2.05) is 0 Å². The van der Waals surface area contributed by atoms with Gasteiger partial charge in [0.15, 0.2) is 0 Å². The fourth-order valence-corrected chi connectivity index (χ4v) is 2.05. The average Bonchev–Trinajstić information content (AvgIpc) is 2.87. The monoisotopic (exact) mass is 263 g/mol. The van der Waals surface area contributed by atoms with Crippen LogP contribution in [0.4, 0.5) is 5.00 Å². The molecular formula is C11H9N3O3S. The van der Waals surface area contributed by atoms with Crippen molar-refractivity contribution in [1.82, 2.24) is 10.3 Å². The second kappa shape index (κ2) is 5.37. The lowest BCUT2D eigenvalue weighted by atomic mass is 10.2. The largest absolute Gasteiger partial charge is 0.347 e. The maximum atomic E-state index is 11.7. The number of nitrogens with zero attached hydrogens (tertiary/aromatic N) is 2. The van der Waals surface area contributed by atoms with Crippen molar-refractivity contribution in [2.75, 3.05) is 0 Å². The van der Waals surface area contributed by atoms with Crippen LogP contribution >= 0.6 is 11.3 Å². The number of rotatable bonds is 4. The standard InChI is InChI=1S/C11H9N3O3S/c15-11(9-1-2-10(18-9)14(16)17)13-7-8-3-5-12-6-4-8/h1-6H,7H2,(H,13,15). The van der Waals surface area contributed by atoms with Gasteiger partial charge in [-0.25, -0.2) is 0 Å². The predicted molar refractivity (Wildman–Crippen MR) is 66.4 cm³/mol. The van der Waals surface area contributed by atoms with Gasteiger partial charge in [-0.1, -0.05) is 11.3 Å². The van der Waals surface area contributed by atoms with Crippen molar-refractivity contribution in [3.05, 3.63) is 57.2 Å². The molecule has 1 amide bonds. The van der Waals surface area contributed by atoms with E-state index < -0.39 is 4.92 Å². The Kier molecular flexibility index (Phi) is 3.63. The summed E-state index contributed by atoms with van der Waals surface area (Å²) in [6.07, 6.45) is 3.27. The summed E-state index contributed by atoms with van der Waals surface area (Å²) in [6.45, 7) is 0.368. The first kappa shape index (κ1) is 12.2. The maximum absolute atomic E-state index is 11.7. The van der Waals surface area contributed by atoms with E-state index in [0.717, 1.165) is 16.9 Å². The summed E-state index contributed by atoms with van der Waals surface area (Å²) >= 11 is 0.861. The Labute approximate surface area is 106 Å². The third-order valence-electron chi connectivity index (χ3n) is 2.20. The number of nitro groups is 1. The molecule has 0 radical (unpaired) electrons. The van der Waals surface area contributed by atoms with Crippen molar-refractivity contribution in [1.29, 1.82) is 0 Å². The number of thiophene rings is 1. The lowest BCUT2D eigenvalue weighted by Crippen LogP contribution is -2.21. The minimum Gasteiger partial charge on any atom is -0.347 e. The highest BCUT2D eigenvalue weighted by atomic mass is 32.1. The number of hydrogen-bond donors (Lipinski definition) is 1. The van der Waals surface area contributed by atoms with Crippen LogP contribution in [0.5, 0.6) is 0 Å². The van der Waals surface area contributed by atoms with E-state index in [4.69, 9.17) is 0 Å². The van der Waals surface area contributed by atoms with Crippen molar-refractivity contribution < 1.29 is 9.72 Å². The Balaban J connectivity index is 1.97. The smallest absolute Gasteiger partial charge is 0.324 e. The highest BCUT2D eigenvalue weighted by Crippen LogP contribution is 2.23. The molecule has 0 aromatic carbocycles. The molecule has 0 spiro atoms. The van der Waals surface area contributed by atoms with E-state index >= 15 is 0 Å². The van der Waals surface area contributed by atoms with Crippen LogP contribution in [-0.4, -0.2) is 15.8 Å². The third kappa shape index (κ3) is 2.89. The van der Waals surface area contributed by atoms with Gasteiger partial charge in [0, 0.05) is 25.0 Å². The SMILES string of the molecule is O=C(NCc1ccncc1)c1ccc([N+](=O)[O-])s1. The first-order chi connectivity index (χ1) is 8.66. The molecule has 1 N–H and O–H groups in total. The zero-order valence-corrected chi connectivity index (χ0v) is 10.0. The zero-order chi connectivity index (χ0) is 13.0. The number of pyridine rings is 1. The molecule has 0 saturated heterocycles. The van der Waals surface area contributed by atoms with E-state index in [0.29, 0.717) is 11.4 Å². The summed E-state index contributed by atoms with van der Waals surface area (Å²) in [7, 11) is 0. The van der Waals surface area contributed by atoms with Crippen molar-refractivity contribution in [2.45, 2.75) is 6.54 Å². The molecule has 0 saturated carbocycles. The van der Waals surface area contributed by atoms with Crippen molar-refractivity contribution in [2.24, 2.45) is 0 Å². The summed E-state index contributed by atoms with van der Waals surface area (Å²) in [4.78, 5) is 25.9. The summed E-state index contributed by atoms with van der Waals surface area (Å²) in [6, 6.07) is 6.35. The van der Waals surface area contributed by atoms with Gasteiger partial charge in [0.2, 0.25) is 0 Å². The molecule has 0 fully saturated rings. The van der Waals surface area contributed by atoms with Gasteiger partial charge >= 0.3 is 5.00 Å². The Morgan fingerprint density at radius 3 is 2.67 bits per heavy atom. The van der Waals surface area contributed by atoms with Crippen LogP contribution in [0, 0.1) is 10.1 Å². The minimum absolute atomic E-state index is 0.0379. The quantitative estimate of drug-likeness (QED) is 0.675. The van der Waals surface area contributed by atoms with Gasteiger partial charge < -0.3 is 5.32 Å². The molecule has 0 aliphatic rings. The highest BCUT2D eigenvalue weighted by Gasteiger charge is 2.14.